The average Bonchev–Trinajstić information content (AvgIpc) is 2.63. The second-order valence-electron chi connectivity index (χ2n) is 4.35. The molecule has 18 heavy (non-hydrogen) atoms. The average molecular weight is 267 g/mol. The van der Waals surface area contributed by atoms with Crippen LogP contribution in [0.2, 0.25) is 0 Å². The highest BCUT2D eigenvalue weighted by Crippen LogP contribution is 2.19. The fourth-order valence-electron chi connectivity index (χ4n) is 1.71. The topological polar surface area (TPSA) is 59.8 Å². The minimum Gasteiger partial charge on any atom is -0.324 e. The number of aryl methyl sites for hydroxylation is 2. The molecule has 0 aliphatic rings. The van der Waals surface area contributed by atoms with E-state index < -0.39 is 0 Å². The highest BCUT2D eigenvalue weighted by Gasteiger charge is 2.13. The number of rotatable bonds is 3. The van der Waals surface area contributed by atoms with Gasteiger partial charge in [0.2, 0.25) is 5.91 Å². The van der Waals surface area contributed by atoms with Crippen molar-refractivity contribution in [3.05, 3.63) is 18.0 Å². The molecular weight excluding hydrogens is 252 g/mol. The summed E-state index contributed by atoms with van der Waals surface area (Å²) < 4.78 is 1.72. The van der Waals surface area contributed by atoms with E-state index in [0.29, 0.717) is 11.6 Å². The van der Waals surface area contributed by atoms with Gasteiger partial charge in [-0.15, -0.1) is 11.6 Å². The van der Waals surface area contributed by atoms with Crippen LogP contribution in [0.1, 0.15) is 12.6 Å². The van der Waals surface area contributed by atoms with Crippen molar-refractivity contribution in [3.63, 3.8) is 0 Å². The van der Waals surface area contributed by atoms with E-state index in [1.54, 1.807) is 17.8 Å². The lowest BCUT2D eigenvalue weighted by Gasteiger charge is -2.08. The lowest BCUT2D eigenvalue weighted by Crippen LogP contribution is -2.21. The molecule has 0 aromatic carbocycles. The van der Waals surface area contributed by atoms with Crippen LogP contribution < -0.4 is 5.32 Å². The summed E-state index contributed by atoms with van der Waals surface area (Å²) in [6.07, 6.45) is 1.63. The van der Waals surface area contributed by atoms with Gasteiger partial charge in [0.05, 0.1) is 17.6 Å². The lowest BCUT2D eigenvalue weighted by molar-refractivity contribution is -0.118. The molecule has 1 atom stereocenters. The number of alkyl halides is 1. The predicted molar refractivity (Wildman–Crippen MR) is 71.8 cm³/mol. The molecule has 0 saturated heterocycles. The van der Waals surface area contributed by atoms with Crippen molar-refractivity contribution >= 4 is 34.2 Å². The van der Waals surface area contributed by atoms with E-state index in [0.717, 1.165) is 16.7 Å². The summed E-state index contributed by atoms with van der Waals surface area (Å²) in [5.74, 6) is -0.0296. The number of fused-ring (bicyclic) bond motifs is 1. The summed E-state index contributed by atoms with van der Waals surface area (Å²) in [5, 5.41) is 8.02. The Labute approximate surface area is 110 Å². The Balaban J connectivity index is 2.30. The van der Waals surface area contributed by atoms with E-state index in [1.165, 1.54) is 0 Å². The number of aromatic nitrogens is 3. The Bertz CT molecular complexity index is 593. The number of anilines is 1. The SMILES string of the molecule is Cc1nn(C)c2ncc(NC(=O)C(C)CCl)cc12. The molecule has 0 aliphatic carbocycles. The van der Waals surface area contributed by atoms with Crippen molar-refractivity contribution in [2.75, 3.05) is 11.2 Å². The van der Waals surface area contributed by atoms with Gasteiger partial charge in [0.25, 0.3) is 0 Å². The molecule has 6 heteroatoms. The van der Waals surface area contributed by atoms with E-state index in [4.69, 9.17) is 11.6 Å². The maximum absolute atomic E-state index is 11.7. The van der Waals surface area contributed by atoms with Crippen LogP contribution in [0.15, 0.2) is 12.3 Å². The van der Waals surface area contributed by atoms with Crippen LogP contribution in [0.3, 0.4) is 0 Å². The van der Waals surface area contributed by atoms with Crippen molar-refractivity contribution in [3.8, 4) is 0 Å². The molecule has 1 N–H and O–H groups in total. The monoisotopic (exact) mass is 266 g/mol. The molecule has 0 saturated carbocycles. The summed E-state index contributed by atoms with van der Waals surface area (Å²) in [6.45, 7) is 3.70. The molecule has 1 amide bonds. The fourth-order valence-corrected chi connectivity index (χ4v) is 1.85. The molecule has 2 aromatic rings. The molecule has 5 nitrogen and oxygen atoms in total. The zero-order chi connectivity index (χ0) is 13.3. The Morgan fingerprint density at radius 2 is 2.33 bits per heavy atom. The second kappa shape index (κ2) is 4.94. The zero-order valence-corrected chi connectivity index (χ0v) is 11.3. The van der Waals surface area contributed by atoms with E-state index >= 15 is 0 Å². The van der Waals surface area contributed by atoms with Crippen molar-refractivity contribution in [2.24, 2.45) is 13.0 Å². The van der Waals surface area contributed by atoms with Gasteiger partial charge in [-0.25, -0.2) is 4.98 Å². The maximum atomic E-state index is 11.7. The third kappa shape index (κ3) is 2.31. The van der Waals surface area contributed by atoms with E-state index in [-0.39, 0.29) is 11.8 Å². The number of hydrogen-bond acceptors (Lipinski definition) is 3. The highest BCUT2D eigenvalue weighted by atomic mass is 35.5. The van der Waals surface area contributed by atoms with Gasteiger partial charge < -0.3 is 5.32 Å². The van der Waals surface area contributed by atoms with E-state index in [2.05, 4.69) is 15.4 Å². The van der Waals surface area contributed by atoms with Crippen LogP contribution in [-0.2, 0) is 11.8 Å². The summed E-state index contributed by atoms with van der Waals surface area (Å²) >= 11 is 5.65. The largest absolute Gasteiger partial charge is 0.324 e. The maximum Gasteiger partial charge on any atom is 0.228 e. The van der Waals surface area contributed by atoms with Crippen LogP contribution in [0, 0.1) is 12.8 Å². The number of amides is 1. The van der Waals surface area contributed by atoms with Crippen molar-refractivity contribution < 1.29 is 4.79 Å². The van der Waals surface area contributed by atoms with Gasteiger partial charge in [0, 0.05) is 24.2 Å². The fraction of sp³-hybridized carbons (Fsp3) is 0.417. The van der Waals surface area contributed by atoms with Crippen LogP contribution in [0.4, 0.5) is 5.69 Å². The number of halogens is 1. The number of pyridine rings is 1. The molecule has 0 fully saturated rings. The van der Waals surface area contributed by atoms with Crippen molar-refractivity contribution in [1.29, 1.82) is 0 Å². The zero-order valence-electron chi connectivity index (χ0n) is 10.6. The third-order valence-electron chi connectivity index (χ3n) is 2.81. The summed E-state index contributed by atoms with van der Waals surface area (Å²) in [6, 6.07) is 1.88. The van der Waals surface area contributed by atoms with Gasteiger partial charge in [0.15, 0.2) is 5.65 Å². The summed E-state index contributed by atoms with van der Waals surface area (Å²) in [4.78, 5) is 16.0. The normalized spacial score (nSPS) is 12.7. The lowest BCUT2D eigenvalue weighted by atomic mass is 10.2. The molecular formula is C12H15ClN4O. The molecule has 0 bridgehead atoms. The molecule has 2 aromatic heterocycles. The highest BCUT2D eigenvalue weighted by molar-refractivity contribution is 6.19. The van der Waals surface area contributed by atoms with Gasteiger partial charge in [-0.3, -0.25) is 9.48 Å². The number of carbonyl (C=O) groups excluding carboxylic acids is 1. The van der Waals surface area contributed by atoms with Gasteiger partial charge in [-0.2, -0.15) is 5.10 Å². The first-order valence-electron chi connectivity index (χ1n) is 5.69. The molecule has 1 unspecified atom stereocenters. The minimum atomic E-state index is -0.225. The first-order chi connectivity index (χ1) is 8.52. The second-order valence-corrected chi connectivity index (χ2v) is 4.66. The Hall–Kier alpha value is -1.62. The smallest absolute Gasteiger partial charge is 0.228 e. The predicted octanol–water partition coefficient (Wildman–Crippen LogP) is 2.09. The summed E-state index contributed by atoms with van der Waals surface area (Å²) in [7, 11) is 1.84. The van der Waals surface area contributed by atoms with Gasteiger partial charge in [-0.05, 0) is 13.0 Å². The molecule has 2 rings (SSSR count). The van der Waals surface area contributed by atoms with E-state index in [9.17, 15) is 4.79 Å². The number of nitrogens with one attached hydrogen (secondary N) is 1. The molecule has 96 valence electrons. The van der Waals surface area contributed by atoms with Gasteiger partial charge in [0.1, 0.15) is 0 Å². The minimum absolute atomic E-state index is 0.104. The molecule has 0 spiro atoms. The standard InChI is InChI=1S/C12H15ClN4O/c1-7(5-13)12(18)15-9-4-10-8(2)16-17(3)11(10)14-6-9/h4,6-7H,5H2,1-3H3,(H,15,18). The van der Waals surface area contributed by atoms with E-state index in [1.807, 2.05) is 20.0 Å². The number of nitrogens with zero attached hydrogens (tertiary/aromatic N) is 3. The summed E-state index contributed by atoms with van der Waals surface area (Å²) in [5.41, 5.74) is 2.36. The van der Waals surface area contributed by atoms with Crippen molar-refractivity contribution in [2.45, 2.75) is 13.8 Å². The number of hydrogen-bond donors (Lipinski definition) is 1. The van der Waals surface area contributed by atoms with Crippen LogP contribution in [0.25, 0.3) is 11.0 Å². The van der Waals surface area contributed by atoms with Gasteiger partial charge >= 0.3 is 0 Å². The quantitative estimate of drug-likeness (QED) is 0.866. The number of carbonyl (C=O) groups is 1. The van der Waals surface area contributed by atoms with Crippen LogP contribution in [0.5, 0.6) is 0 Å². The Kier molecular flexibility index (Phi) is 3.52. The molecule has 0 radical (unpaired) electrons. The molecule has 2 heterocycles. The third-order valence-corrected chi connectivity index (χ3v) is 3.27. The van der Waals surface area contributed by atoms with Crippen LogP contribution >= 0.6 is 11.6 Å². The van der Waals surface area contributed by atoms with Crippen molar-refractivity contribution in [1.82, 2.24) is 14.8 Å². The first-order valence-corrected chi connectivity index (χ1v) is 6.22. The first kappa shape index (κ1) is 12.8. The van der Waals surface area contributed by atoms with Gasteiger partial charge in [-0.1, -0.05) is 6.92 Å². The van der Waals surface area contributed by atoms with Crippen LogP contribution in [-0.4, -0.2) is 26.6 Å². The Morgan fingerprint density at radius 1 is 1.61 bits per heavy atom. The Morgan fingerprint density at radius 3 is 3.00 bits per heavy atom. The molecule has 0 aliphatic heterocycles.